The van der Waals surface area contributed by atoms with Crippen molar-refractivity contribution in [1.82, 2.24) is 9.47 Å². The molecule has 0 aliphatic carbocycles. The molecule has 1 unspecified atom stereocenters. The summed E-state index contributed by atoms with van der Waals surface area (Å²) in [5.74, 6) is 0. The van der Waals surface area contributed by atoms with Crippen molar-refractivity contribution in [2.75, 3.05) is 5.32 Å². The highest BCUT2D eigenvalue weighted by molar-refractivity contribution is 6.31. The lowest BCUT2D eigenvalue weighted by molar-refractivity contribution is 0.194. The maximum Gasteiger partial charge on any atom is 0.322 e. The van der Waals surface area contributed by atoms with Crippen molar-refractivity contribution in [3.63, 3.8) is 0 Å². The predicted octanol–water partition coefficient (Wildman–Crippen LogP) is 6.58. The second kappa shape index (κ2) is 7.97. The Balaban J connectivity index is 1.66. The van der Waals surface area contributed by atoms with Gasteiger partial charge in [0.05, 0.1) is 17.9 Å². The normalized spacial score (nSPS) is 15.0. The summed E-state index contributed by atoms with van der Waals surface area (Å²) < 4.78 is 2.16. The molecule has 0 saturated heterocycles. The Hall–Kier alpha value is -3.50. The van der Waals surface area contributed by atoms with Gasteiger partial charge in [0.25, 0.3) is 0 Å². The minimum absolute atomic E-state index is 0.163. The second-order valence-corrected chi connectivity index (χ2v) is 8.14. The van der Waals surface area contributed by atoms with E-state index in [-0.39, 0.29) is 12.1 Å². The Bertz CT molecular complexity index is 1260. The van der Waals surface area contributed by atoms with Crippen molar-refractivity contribution >= 4 is 23.3 Å². The number of rotatable bonds is 2. The lowest BCUT2D eigenvalue weighted by Gasteiger charge is -2.31. The van der Waals surface area contributed by atoms with Crippen LogP contribution < -0.4 is 5.32 Å². The summed E-state index contributed by atoms with van der Waals surface area (Å²) in [7, 11) is 0. The second-order valence-electron chi connectivity index (χ2n) is 7.73. The van der Waals surface area contributed by atoms with Crippen LogP contribution in [0.25, 0.3) is 5.69 Å². The Morgan fingerprint density at radius 2 is 1.68 bits per heavy atom. The number of carbonyl (C=O) groups excluding carboxylic acids is 1. The molecular weight excluding hydrogens is 406 g/mol. The topological polar surface area (TPSA) is 37.3 Å². The van der Waals surface area contributed by atoms with Crippen molar-refractivity contribution in [2.24, 2.45) is 0 Å². The average Bonchev–Trinajstić information content (AvgIpc) is 3.21. The van der Waals surface area contributed by atoms with Crippen LogP contribution >= 0.6 is 11.6 Å². The molecule has 2 heterocycles. The molecule has 0 saturated carbocycles. The monoisotopic (exact) mass is 427 g/mol. The van der Waals surface area contributed by atoms with Crippen molar-refractivity contribution in [3.8, 4) is 5.69 Å². The highest BCUT2D eigenvalue weighted by Gasteiger charge is 2.34. The number of anilines is 1. The smallest absolute Gasteiger partial charge is 0.318 e. The maximum absolute atomic E-state index is 13.7. The quantitative estimate of drug-likeness (QED) is 0.385. The van der Waals surface area contributed by atoms with Gasteiger partial charge in [-0.15, -0.1) is 0 Å². The number of urea groups is 1. The van der Waals surface area contributed by atoms with Crippen LogP contribution in [0.15, 0.2) is 91.1 Å². The average molecular weight is 428 g/mol. The summed E-state index contributed by atoms with van der Waals surface area (Å²) in [6.45, 7) is 2.45. The number of aryl methyl sites for hydroxylation is 1. The number of fused-ring (bicyclic) bond motifs is 3. The molecule has 31 heavy (non-hydrogen) atoms. The third kappa shape index (κ3) is 3.49. The zero-order chi connectivity index (χ0) is 21.4. The third-order valence-corrected chi connectivity index (χ3v) is 6.16. The molecule has 1 aromatic heterocycles. The summed E-state index contributed by atoms with van der Waals surface area (Å²) in [5.41, 5.74) is 5.87. The van der Waals surface area contributed by atoms with Crippen LogP contribution in [0.5, 0.6) is 0 Å². The number of halogens is 1. The van der Waals surface area contributed by atoms with Crippen molar-refractivity contribution in [1.29, 1.82) is 0 Å². The SMILES string of the molecule is Cc1ccccc1NC(=O)N1Cc2ccccc2-n2cccc2C1c1ccccc1Cl. The minimum atomic E-state index is -0.333. The summed E-state index contributed by atoms with van der Waals surface area (Å²) in [5, 5.41) is 3.75. The molecule has 1 atom stereocenters. The molecule has 0 fully saturated rings. The van der Waals surface area contributed by atoms with Gasteiger partial charge in [0.1, 0.15) is 6.04 Å². The molecule has 1 N–H and O–H groups in total. The number of hydrogen-bond donors (Lipinski definition) is 1. The molecule has 0 spiro atoms. The third-order valence-electron chi connectivity index (χ3n) is 5.81. The maximum atomic E-state index is 13.7. The molecule has 1 aliphatic rings. The molecule has 5 heteroatoms. The van der Waals surface area contributed by atoms with Crippen molar-refractivity contribution < 1.29 is 4.79 Å². The van der Waals surface area contributed by atoms with Crippen LogP contribution in [-0.2, 0) is 6.54 Å². The summed E-state index contributed by atoms with van der Waals surface area (Å²) in [4.78, 5) is 15.5. The number of benzene rings is 3. The lowest BCUT2D eigenvalue weighted by Crippen LogP contribution is -2.38. The van der Waals surface area contributed by atoms with Crippen LogP contribution in [0.2, 0.25) is 5.02 Å². The van der Waals surface area contributed by atoms with Gasteiger partial charge in [-0.25, -0.2) is 4.79 Å². The first kappa shape index (κ1) is 19.5. The van der Waals surface area contributed by atoms with Crippen LogP contribution in [-0.4, -0.2) is 15.5 Å². The van der Waals surface area contributed by atoms with Crippen molar-refractivity contribution in [2.45, 2.75) is 19.5 Å². The first-order valence-electron chi connectivity index (χ1n) is 10.3. The summed E-state index contributed by atoms with van der Waals surface area (Å²) in [6, 6.07) is 27.3. The van der Waals surface area contributed by atoms with Gasteiger partial charge in [0.15, 0.2) is 0 Å². The number of hydrogen-bond acceptors (Lipinski definition) is 1. The lowest BCUT2D eigenvalue weighted by atomic mass is 10.0. The summed E-state index contributed by atoms with van der Waals surface area (Å²) >= 11 is 6.64. The van der Waals surface area contributed by atoms with E-state index in [1.807, 2.05) is 84.8 Å². The Labute approximate surface area is 186 Å². The van der Waals surface area contributed by atoms with E-state index in [9.17, 15) is 4.79 Å². The molecule has 154 valence electrons. The zero-order valence-electron chi connectivity index (χ0n) is 17.1. The number of nitrogens with zero attached hydrogens (tertiary/aromatic N) is 2. The van der Waals surface area contributed by atoms with Gasteiger partial charge < -0.3 is 14.8 Å². The Morgan fingerprint density at radius 1 is 0.935 bits per heavy atom. The molecule has 4 aromatic rings. The molecule has 3 aromatic carbocycles. The first-order valence-corrected chi connectivity index (χ1v) is 10.6. The zero-order valence-corrected chi connectivity index (χ0v) is 17.9. The highest BCUT2D eigenvalue weighted by atomic mass is 35.5. The standard InChI is InChI=1S/C26H22ClN3O/c1-18-9-2-6-13-22(18)28-26(31)30-17-19-10-3-7-14-23(19)29-16-8-15-24(29)25(30)20-11-4-5-12-21(20)27/h2-16,25H,17H2,1H3,(H,28,31). The number of nitrogens with one attached hydrogen (secondary N) is 1. The van der Waals surface area contributed by atoms with E-state index in [1.54, 1.807) is 0 Å². The molecular formula is C26H22ClN3O. The van der Waals surface area contributed by atoms with Crippen LogP contribution in [0, 0.1) is 6.92 Å². The molecule has 5 rings (SSSR count). The molecule has 1 aliphatic heterocycles. The van der Waals surface area contributed by atoms with Crippen molar-refractivity contribution in [3.05, 3.63) is 119 Å². The van der Waals surface area contributed by atoms with Gasteiger partial charge in [-0.2, -0.15) is 0 Å². The fraction of sp³-hybridized carbons (Fsp3) is 0.115. The van der Waals surface area contributed by atoms with E-state index in [2.05, 4.69) is 28.1 Å². The number of amides is 2. The minimum Gasteiger partial charge on any atom is -0.318 e. The predicted molar refractivity (Wildman–Crippen MR) is 125 cm³/mol. The van der Waals surface area contributed by atoms with Gasteiger partial charge in [0, 0.05) is 16.9 Å². The van der Waals surface area contributed by atoms with Crippen LogP contribution in [0.4, 0.5) is 10.5 Å². The largest absolute Gasteiger partial charge is 0.322 e. The number of carbonyl (C=O) groups is 1. The molecule has 4 nitrogen and oxygen atoms in total. The first-order chi connectivity index (χ1) is 15.1. The molecule has 0 bridgehead atoms. The van der Waals surface area contributed by atoms with Gasteiger partial charge in [-0.05, 0) is 53.9 Å². The fourth-order valence-electron chi connectivity index (χ4n) is 4.26. The van der Waals surface area contributed by atoms with E-state index >= 15 is 0 Å². The van der Waals surface area contributed by atoms with E-state index in [1.165, 1.54) is 0 Å². The van der Waals surface area contributed by atoms with Crippen LogP contribution in [0.3, 0.4) is 0 Å². The van der Waals surface area contributed by atoms with Crippen LogP contribution in [0.1, 0.15) is 28.4 Å². The Kier molecular flexibility index (Phi) is 5.00. The van der Waals surface area contributed by atoms with Gasteiger partial charge in [-0.3, -0.25) is 0 Å². The summed E-state index contributed by atoms with van der Waals surface area (Å²) in [6.07, 6.45) is 2.04. The van der Waals surface area contributed by atoms with E-state index in [0.29, 0.717) is 11.6 Å². The number of aromatic nitrogens is 1. The molecule has 0 radical (unpaired) electrons. The molecule has 2 amide bonds. The van der Waals surface area contributed by atoms with E-state index in [4.69, 9.17) is 11.6 Å². The van der Waals surface area contributed by atoms with Gasteiger partial charge in [0.2, 0.25) is 0 Å². The number of para-hydroxylation sites is 2. The van der Waals surface area contributed by atoms with E-state index < -0.39 is 0 Å². The van der Waals surface area contributed by atoms with Gasteiger partial charge in [-0.1, -0.05) is 66.2 Å². The fourth-order valence-corrected chi connectivity index (χ4v) is 4.50. The Morgan fingerprint density at radius 3 is 2.52 bits per heavy atom. The van der Waals surface area contributed by atoms with Gasteiger partial charge >= 0.3 is 6.03 Å². The highest BCUT2D eigenvalue weighted by Crippen LogP contribution is 2.39. The van der Waals surface area contributed by atoms with E-state index in [0.717, 1.165) is 33.8 Å².